The number of rotatable bonds is 6. The second-order valence-corrected chi connectivity index (χ2v) is 16.7. The standard InChI is InChI=1S/C57H36N2S/c1-3-9-42-33-48-35-44(13-15-46(48)31-40(42)7-1)37-17-23-50(24-18-37)59(52-27-21-39(22-28-52)55-30-29-54-53-11-5-6-12-56(53)60-57(54)58-55)51-25-19-38(20-26-51)45-14-16-47-32-41-8-2-4-10-43(41)34-49(47)36-45/h1-36H. The summed E-state index contributed by atoms with van der Waals surface area (Å²) in [7, 11) is 0. The Morgan fingerprint density at radius 3 is 1.23 bits per heavy atom. The molecule has 12 aromatic rings. The predicted molar refractivity (Wildman–Crippen MR) is 258 cm³/mol. The summed E-state index contributed by atoms with van der Waals surface area (Å²) in [4.78, 5) is 8.54. The van der Waals surface area contributed by atoms with Crippen molar-refractivity contribution in [2.24, 2.45) is 0 Å². The molecule has 0 unspecified atom stereocenters. The molecule has 280 valence electrons. The van der Waals surface area contributed by atoms with Crippen molar-refractivity contribution in [1.29, 1.82) is 0 Å². The first-order valence-electron chi connectivity index (χ1n) is 20.4. The van der Waals surface area contributed by atoms with Crippen LogP contribution in [0.3, 0.4) is 0 Å². The van der Waals surface area contributed by atoms with E-state index < -0.39 is 0 Å². The van der Waals surface area contributed by atoms with Crippen LogP contribution < -0.4 is 4.90 Å². The van der Waals surface area contributed by atoms with Gasteiger partial charge in [-0.3, -0.25) is 0 Å². The molecule has 0 aliphatic carbocycles. The normalized spacial score (nSPS) is 11.7. The number of thiophene rings is 1. The van der Waals surface area contributed by atoms with Crippen molar-refractivity contribution in [3.63, 3.8) is 0 Å². The van der Waals surface area contributed by atoms with Crippen LogP contribution in [0.2, 0.25) is 0 Å². The van der Waals surface area contributed by atoms with E-state index in [9.17, 15) is 0 Å². The number of pyridine rings is 1. The van der Waals surface area contributed by atoms with E-state index in [1.54, 1.807) is 11.3 Å². The van der Waals surface area contributed by atoms with E-state index in [1.807, 2.05) is 0 Å². The molecule has 12 rings (SSSR count). The summed E-state index contributed by atoms with van der Waals surface area (Å²) in [5.41, 5.74) is 10.1. The number of aromatic nitrogens is 1. The maximum absolute atomic E-state index is 5.12. The molecule has 2 aromatic heterocycles. The number of hydrogen-bond acceptors (Lipinski definition) is 3. The van der Waals surface area contributed by atoms with E-state index in [-0.39, 0.29) is 0 Å². The van der Waals surface area contributed by atoms with Gasteiger partial charge in [0.2, 0.25) is 0 Å². The summed E-state index contributed by atoms with van der Waals surface area (Å²) in [6.07, 6.45) is 0. The first-order chi connectivity index (χ1) is 29.7. The Morgan fingerprint density at radius 1 is 0.300 bits per heavy atom. The van der Waals surface area contributed by atoms with Crippen molar-refractivity contribution in [3.8, 4) is 33.5 Å². The fraction of sp³-hybridized carbons (Fsp3) is 0. The molecule has 10 aromatic carbocycles. The molecular weight excluding hydrogens is 745 g/mol. The van der Waals surface area contributed by atoms with Gasteiger partial charge >= 0.3 is 0 Å². The average Bonchev–Trinajstić information content (AvgIpc) is 3.69. The minimum Gasteiger partial charge on any atom is -0.311 e. The zero-order valence-corrected chi connectivity index (χ0v) is 33.4. The highest BCUT2D eigenvalue weighted by Gasteiger charge is 2.15. The van der Waals surface area contributed by atoms with Crippen molar-refractivity contribution in [2.45, 2.75) is 0 Å². The van der Waals surface area contributed by atoms with Crippen LogP contribution in [0.4, 0.5) is 17.1 Å². The van der Waals surface area contributed by atoms with Gasteiger partial charge < -0.3 is 4.90 Å². The molecule has 60 heavy (non-hydrogen) atoms. The van der Waals surface area contributed by atoms with Gasteiger partial charge in [-0.25, -0.2) is 4.98 Å². The molecule has 0 spiro atoms. The molecule has 0 aliphatic rings. The molecule has 3 heteroatoms. The summed E-state index contributed by atoms with van der Waals surface area (Å²) < 4.78 is 1.27. The Bertz CT molecular complexity index is 3420. The van der Waals surface area contributed by atoms with Crippen molar-refractivity contribution < 1.29 is 0 Å². The maximum atomic E-state index is 5.12. The zero-order chi connectivity index (χ0) is 39.6. The molecule has 0 aliphatic heterocycles. The van der Waals surface area contributed by atoms with E-state index in [0.717, 1.165) is 33.1 Å². The van der Waals surface area contributed by atoms with Gasteiger partial charge in [-0.15, -0.1) is 11.3 Å². The smallest absolute Gasteiger partial charge is 0.125 e. The number of nitrogens with zero attached hydrogens (tertiary/aromatic N) is 2. The Kier molecular flexibility index (Phi) is 8.07. The van der Waals surface area contributed by atoms with Crippen LogP contribution in [0.15, 0.2) is 218 Å². The van der Waals surface area contributed by atoms with Crippen molar-refractivity contribution in [1.82, 2.24) is 4.98 Å². The fourth-order valence-corrected chi connectivity index (χ4v) is 9.91. The van der Waals surface area contributed by atoms with Crippen LogP contribution in [-0.4, -0.2) is 4.98 Å². The van der Waals surface area contributed by atoms with Crippen LogP contribution in [0, 0.1) is 0 Å². The highest BCUT2D eigenvalue weighted by molar-refractivity contribution is 7.25. The molecule has 0 amide bonds. The van der Waals surface area contributed by atoms with Gasteiger partial charge in [-0.05, 0) is 156 Å². The van der Waals surface area contributed by atoms with E-state index in [0.29, 0.717) is 0 Å². The van der Waals surface area contributed by atoms with E-state index in [4.69, 9.17) is 4.98 Å². The first-order valence-corrected chi connectivity index (χ1v) is 21.2. The number of benzene rings is 10. The molecule has 0 saturated carbocycles. The molecular formula is C57H36N2S. The third-order valence-corrected chi connectivity index (χ3v) is 13.1. The number of fused-ring (bicyclic) bond motifs is 7. The van der Waals surface area contributed by atoms with E-state index in [2.05, 4.69) is 223 Å². The summed E-state index contributed by atoms with van der Waals surface area (Å²) in [5.74, 6) is 0. The minimum absolute atomic E-state index is 0.979. The Labute approximate surface area is 351 Å². The van der Waals surface area contributed by atoms with Gasteiger partial charge in [0.25, 0.3) is 0 Å². The Morgan fingerprint density at radius 2 is 0.717 bits per heavy atom. The Balaban J connectivity index is 0.908. The van der Waals surface area contributed by atoms with Gasteiger partial charge in [0.1, 0.15) is 4.83 Å². The topological polar surface area (TPSA) is 16.1 Å². The molecule has 2 nitrogen and oxygen atoms in total. The van der Waals surface area contributed by atoms with Crippen molar-refractivity contribution >= 4 is 91.8 Å². The van der Waals surface area contributed by atoms with E-state index in [1.165, 1.54) is 80.8 Å². The van der Waals surface area contributed by atoms with Gasteiger partial charge in [0.15, 0.2) is 0 Å². The van der Waals surface area contributed by atoms with Gasteiger partial charge in [0.05, 0.1) is 5.69 Å². The SMILES string of the molecule is c1ccc2cc3cc(-c4ccc(N(c5ccc(-c6ccc7cc8ccccc8cc7c6)cc5)c5ccc(-c6ccc7c(n6)sc6ccccc67)cc5)cc4)ccc3cc2c1. The highest BCUT2D eigenvalue weighted by atomic mass is 32.1. The first kappa shape index (κ1) is 34.5. The minimum atomic E-state index is 0.979. The lowest BCUT2D eigenvalue weighted by Gasteiger charge is -2.26. The molecule has 0 radical (unpaired) electrons. The zero-order valence-electron chi connectivity index (χ0n) is 32.6. The monoisotopic (exact) mass is 780 g/mol. The van der Waals surface area contributed by atoms with Crippen LogP contribution in [0.25, 0.3) is 96.9 Å². The van der Waals surface area contributed by atoms with Gasteiger partial charge in [-0.2, -0.15) is 0 Å². The van der Waals surface area contributed by atoms with Crippen molar-refractivity contribution in [3.05, 3.63) is 218 Å². The summed E-state index contributed by atoms with van der Waals surface area (Å²) in [6, 6.07) is 79.6. The fourth-order valence-electron chi connectivity index (χ4n) is 8.84. The maximum Gasteiger partial charge on any atom is 0.125 e. The largest absolute Gasteiger partial charge is 0.311 e. The quantitative estimate of drug-likeness (QED) is 0.156. The second kappa shape index (κ2) is 14.1. The molecule has 0 atom stereocenters. The molecule has 0 fully saturated rings. The van der Waals surface area contributed by atoms with Crippen LogP contribution in [-0.2, 0) is 0 Å². The molecule has 0 saturated heterocycles. The van der Waals surface area contributed by atoms with Crippen molar-refractivity contribution in [2.75, 3.05) is 4.90 Å². The third kappa shape index (κ3) is 6.07. The summed E-state index contributed by atoms with van der Waals surface area (Å²) in [6.45, 7) is 0. The number of anilines is 3. The lowest BCUT2D eigenvalue weighted by Crippen LogP contribution is -2.09. The predicted octanol–water partition coefficient (Wildman–Crippen LogP) is 16.5. The van der Waals surface area contributed by atoms with Crippen LogP contribution >= 0.6 is 11.3 Å². The number of hydrogen-bond donors (Lipinski definition) is 0. The molecule has 2 heterocycles. The summed E-state index contributed by atoms with van der Waals surface area (Å²) in [5, 5.41) is 12.5. The second-order valence-electron chi connectivity index (χ2n) is 15.6. The van der Waals surface area contributed by atoms with E-state index >= 15 is 0 Å². The Hall–Kier alpha value is -7.59. The van der Waals surface area contributed by atoms with Gasteiger partial charge in [0, 0.05) is 38.1 Å². The van der Waals surface area contributed by atoms with Gasteiger partial charge in [-0.1, -0.05) is 127 Å². The molecule has 0 N–H and O–H groups in total. The third-order valence-electron chi connectivity index (χ3n) is 12.0. The lowest BCUT2D eigenvalue weighted by molar-refractivity contribution is 1.28. The highest BCUT2D eigenvalue weighted by Crippen LogP contribution is 2.40. The average molecular weight is 781 g/mol. The van der Waals surface area contributed by atoms with Crippen LogP contribution in [0.1, 0.15) is 0 Å². The lowest BCUT2D eigenvalue weighted by atomic mass is 9.98. The molecule has 0 bridgehead atoms. The summed E-state index contributed by atoms with van der Waals surface area (Å²) >= 11 is 1.75. The van der Waals surface area contributed by atoms with Crippen LogP contribution in [0.5, 0.6) is 0 Å².